The zero-order valence-electron chi connectivity index (χ0n) is 19.7. The number of aliphatic hydroxyl groups is 2. The summed E-state index contributed by atoms with van der Waals surface area (Å²) >= 11 is 0. The van der Waals surface area contributed by atoms with Gasteiger partial charge in [-0.15, -0.1) is 0 Å². The molecule has 0 spiro atoms. The van der Waals surface area contributed by atoms with Gasteiger partial charge < -0.3 is 40.6 Å². The van der Waals surface area contributed by atoms with E-state index in [0.29, 0.717) is 29.4 Å². The Morgan fingerprint density at radius 2 is 2.11 bits per heavy atom. The maximum absolute atomic E-state index is 13.2. The van der Waals surface area contributed by atoms with Gasteiger partial charge in [0.25, 0.3) is 11.8 Å². The highest BCUT2D eigenvalue weighted by Gasteiger charge is 2.40. The molecule has 1 fully saturated rings. The van der Waals surface area contributed by atoms with Crippen molar-refractivity contribution in [2.45, 2.75) is 38.1 Å². The van der Waals surface area contributed by atoms with Crippen molar-refractivity contribution in [3.05, 3.63) is 48.7 Å². The summed E-state index contributed by atoms with van der Waals surface area (Å²) in [6, 6.07) is 12.1. The van der Waals surface area contributed by atoms with Gasteiger partial charge in [0.15, 0.2) is 12.2 Å². The molecule has 0 saturated carbocycles. The van der Waals surface area contributed by atoms with Crippen LogP contribution in [0.1, 0.15) is 20.3 Å². The van der Waals surface area contributed by atoms with Crippen LogP contribution in [0, 0.1) is 0 Å². The first-order valence-corrected chi connectivity index (χ1v) is 11.4. The molecule has 0 radical (unpaired) electrons. The number of carbonyl (C=O) groups excluding carboxylic acids is 2. The Bertz CT molecular complexity index is 1220. The highest BCUT2D eigenvalue weighted by atomic mass is 16.5. The molecule has 6 N–H and O–H groups in total. The van der Waals surface area contributed by atoms with Crippen LogP contribution in [0.5, 0.6) is 5.75 Å². The number of hydrogen-bond donors (Lipinski definition) is 5. The minimum absolute atomic E-state index is 0.132. The molecule has 2 heterocycles. The number of benzene rings is 2. The monoisotopic (exact) mass is 482 g/mol. The number of amides is 2. The molecule has 0 bridgehead atoms. The number of nitrogens with two attached hydrogens (primary N) is 1. The predicted octanol–water partition coefficient (Wildman–Crippen LogP) is 2.02. The molecule has 2 aromatic carbocycles. The Morgan fingerprint density at radius 3 is 2.89 bits per heavy atom. The molecule has 4 rings (SSSR count). The maximum atomic E-state index is 13.2. The number of anilines is 3. The molecule has 1 aliphatic rings. The Morgan fingerprint density at radius 1 is 1.34 bits per heavy atom. The van der Waals surface area contributed by atoms with Crippen LogP contribution in [0.3, 0.4) is 0 Å². The Kier molecular flexibility index (Phi) is 6.97. The van der Waals surface area contributed by atoms with Crippen molar-refractivity contribution in [3.8, 4) is 5.75 Å². The number of fused-ring (bicyclic) bond motifs is 1. The predicted molar refractivity (Wildman–Crippen MR) is 132 cm³/mol. The van der Waals surface area contributed by atoms with Crippen molar-refractivity contribution in [1.82, 2.24) is 4.98 Å². The number of aromatic amines is 1. The van der Waals surface area contributed by atoms with Gasteiger partial charge in [-0.3, -0.25) is 9.59 Å². The summed E-state index contributed by atoms with van der Waals surface area (Å²) in [6.45, 7) is 4.01. The van der Waals surface area contributed by atoms with E-state index in [2.05, 4.69) is 10.3 Å². The number of rotatable bonds is 8. The number of aromatic nitrogens is 1. The summed E-state index contributed by atoms with van der Waals surface area (Å²) in [7, 11) is 0. The van der Waals surface area contributed by atoms with Crippen LogP contribution in [-0.4, -0.2) is 64.6 Å². The maximum Gasteiger partial charge on any atom is 0.259 e. The van der Waals surface area contributed by atoms with E-state index in [-0.39, 0.29) is 19.8 Å². The Hall–Kier alpha value is -3.60. The topological polar surface area (TPSA) is 150 Å². The number of morpholine rings is 1. The fourth-order valence-electron chi connectivity index (χ4n) is 3.88. The zero-order valence-corrected chi connectivity index (χ0v) is 19.7. The summed E-state index contributed by atoms with van der Waals surface area (Å²) in [5.41, 5.74) is 5.91. The van der Waals surface area contributed by atoms with Crippen molar-refractivity contribution in [2.75, 3.05) is 35.7 Å². The number of carbonyl (C=O) groups is 2. The van der Waals surface area contributed by atoms with Crippen molar-refractivity contribution in [2.24, 2.45) is 0 Å². The van der Waals surface area contributed by atoms with Crippen molar-refractivity contribution < 1.29 is 29.3 Å². The number of para-hydroxylation sites is 2. The fourth-order valence-corrected chi connectivity index (χ4v) is 3.88. The average Bonchev–Trinajstić information content (AvgIpc) is 3.18. The molecule has 2 atom stereocenters. The fraction of sp³-hybridized carbons (Fsp3) is 0.360. The second-order valence-electron chi connectivity index (χ2n) is 9.10. The van der Waals surface area contributed by atoms with Crippen molar-refractivity contribution in [3.63, 3.8) is 0 Å². The van der Waals surface area contributed by atoms with Gasteiger partial charge in [0.2, 0.25) is 0 Å². The molecular weight excluding hydrogens is 452 g/mol. The zero-order chi connectivity index (χ0) is 25.2. The van der Waals surface area contributed by atoms with Crippen molar-refractivity contribution in [1.29, 1.82) is 0 Å². The second-order valence-corrected chi connectivity index (χ2v) is 9.10. The third-order valence-electron chi connectivity index (χ3n) is 5.80. The minimum atomic E-state index is -1.72. The lowest BCUT2D eigenvalue weighted by molar-refractivity contribution is -0.150. The molecule has 1 aromatic heterocycles. The van der Waals surface area contributed by atoms with Crippen LogP contribution < -0.4 is 20.7 Å². The molecule has 1 saturated heterocycles. The van der Waals surface area contributed by atoms with E-state index >= 15 is 0 Å². The van der Waals surface area contributed by atoms with Gasteiger partial charge in [-0.1, -0.05) is 12.1 Å². The summed E-state index contributed by atoms with van der Waals surface area (Å²) in [5, 5.41) is 24.9. The number of nitrogens with zero attached hydrogens (tertiary/aromatic N) is 1. The number of nitrogens with one attached hydrogen (secondary N) is 2. The van der Waals surface area contributed by atoms with Gasteiger partial charge >= 0.3 is 0 Å². The van der Waals surface area contributed by atoms with E-state index in [1.54, 1.807) is 62.5 Å². The Balaban J connectivity index is 1.46. The molecule has 0 unspecified atom stereocenters. The first kappa shape index (κ1) is 24.5. The molecule has 0 aliphatic carbocycles. The van der Waals surface area contributed by atoms with Crippen molar-refractivity contribution >= 4 is 39.8 Å². The van der Waals surface area contributed by atoms with E-state index < -0.39 is 29.6 Å². The molecule has 1 aliphatic heterocycles. The van der Waals surface area contributed by atoms with Crippen LogP contribution >= 0.6 is 0 Å². The molecule has 3 aromatic rings. The van der Waals surface area contributed by atoms with E-state index in [4.69, 9.17) is 15.2 Å². The van der Waals surface area contributed by atoms with E-state index in [1.807, 2.05) is 0 Å². The van der Waals surface area contributed by atoms with Gasteiger partial charge in [0.1, 0.15) is 11.6 Å². The standard InChI is InChI=1S/C25H30N4O6/c1-25(2,33)9-11-34-19-6-4-3-5-18(19)29-10-12-35-21(24(29)32)20(30)23(31)28-16-7-8-17-15(13-16)14-27-22(17)26/h3-8,13-14,20-21,27,30,33H,9-12,26H2,1-2H3,(H,28,31)/t20-,21-/m1/s1. The number of ether oxygens (including phenoxy) is 2. The highest BCUT2D eigenvalue weighted by molar-refractivity contribution is 6.05. The molecule has 10 heteroatoms. The summed E-state index contributed by atoms with van der Waals surface area (Å²) in [5.74, 6) is -0.332. The van der Waals surface area contributed by atoms with Crippen LogP contribution in [0.25, 0.3) is 10.8 Å². The SMILES string of the molecule is CC(C)(O)CCOc1ccccc1N1CCO[C@H]([C@@H](O)C(=O)Nc2ccc3c(N)[nH]cc3c2)C1=O. The summed E-state index contributed by atoms with van der Waals surface area (Å²) < 4.78 is 11.3. The largest absolute Gasteiger partial charge is 0.491 e. The van der Waals surface area contributed by atoms with Crippen LogP contribution in [0.15, 0.2) is 48.7 Å². The molecule has 35 heavy (non-hydrogen) atoms. The Labute approximate surface area is 202 Å². The minimum Gasteiger partial charge on any atom is -0.491 e. The van der Waals surface area contributed by atoms with Crippen LogP contribution in [-0.2, 0) is 14.3 Å². The van der Waals surface area contributed by atoms with Gasteiger partial charge in [0.05, 0.1) is 24.5 Å². The number of H-pyrrole nitrogens is 1. The van der Waals surface area contributed by atoms with E-state index in [0.717, 1.165) is 10.8 Å². The lowest BCUT2D eigenvalue weighted by Gasteiger charge is -2.34. The highest BCUT2D eigenvalue weighted by Crippen LogP contribution is 2.31. The first-order valence-electron chi connectivity index (χ1n) is 11.4. The van der Waals surface area contributed by atoms with Crippen LogP contribution in [0.4, 0.5) is 17.2 Å². The lowest BCUT2D eigenvalue weighted by Crippen LogP contribution is -2.55. The van der Waals surface area contributed by atoms with E-state index in [9.17, 15) is 19.8 Å². The van der Waals surface area contributed by atoms with E-state index in [1.165, 1.54) is 4.90 Å². The van der Waals surface area contributed by atoms with Gasteiger partial charge in [0, 0.05) is 35.6 Å². The number of nitrogen functional groups attached to an aromatic ring is 1. The third-order valence-corrected chi connectivity index (χ3v) is 5.80. The smallest absolute Gasteiger partial charge is 0.259 e. The lowest BCUT2D eigenvalue weighted by atomic mass is 10.1. The summed E-state index contributed by atoms with van der Waals surface area (Å²) in [6.07, 6.45) is -0.981. The average molecular weight is 483 g/mol. The normalized spacial score (nSPS) is 17.4. The molecule has 10 nitrogen and oxygen atoms in total. The quantitative estimate of drug-likeness (QED) is 0.330. The number of hydrogen-bond acceptors (Lipinski definition) is 7. The first-order chi connectivity index (χ1) is 16.6. The molecular formula is C25H30N4O6. The number of aliphatic hydroxyl groups excluding tert-OH is 1. The molecule has 2 amide bonds. The second kappa shape index (κ2) is 9.95. The summed E-state index contributed by atoms with van der Waals surface area (Å²) in [4.78, 5) is 30.3. The van der Waals surface area contributed by atoms with Gasteiger partial charge in [-0.05, 0) is 44.2 Å². The van der Waals surface area contributed by atoms with Gasteiger partial charge in [-0.25, -0.2) is 0 Å². The van der Waals surface area contributed by atoms with Gasteiger partial charge in [-0.2, -0.15) is 0 Å². The molecule has 186 valence electrons. The van der Waals surface area contributed by atoms with Crippen LogP contribution in [0.2, 0.25) is 0 Å². The third kappa shape index (κ3) is 5.56.